The van der Waals surface area contributed by atoms with Gasteiger partial charge in [-0.25, -0.2) is 9.97 Å². The van der Waals surface area contributed by atoms with E-state index in [-0.39, 0.29) is 4.87 Å². The Bertz CT molecular complexity index is 562. The van der Waals surface area contributed by atoms with Crippen LogP contribution >= 0.6 is 11.3 Å². The largest absolute Gasteiger partial charge is 0.373 e. The SMILES string of the molecule is CNc1ncnc(NCc2csc(=O)[nH]2)c1C. The first-order valence-corrected chi connectivity index (χ1v) is 5.98. The van der Waals surface area contributed by atoms with E-state index in [4.69, 9.17) is 0 Å². The molecular formula is C10H13N5OS. The highest BCUT2D eigenvalue weighted by Crippen LogP contribution is 2.17. The number of rotatable bonds is 4. The lowest BCUT2D eigenvalue weighted by atomic mass is 10.3. The number of hydrogen-bond donors (Lipinski definition) is 3. The maximum atomic E-state index is 11.0. The summed E-state index contributed by atoms with van der Waals surface area (Å²) in [5.41, 5.74) is 1.80. The Hall–Kier alpha value is -1.89. The molecule has 0 bridgehead atoms. The lowest BCUT2D eigenvalue weighted by Crippen LogP contribution is -2.07. The fourth-order valence-electron chi connectivity index (χ4n) is 1.46. The molecule has 17 heavy (non-hydrogen) atoms. The van der Waals surface area contributed by atoms with Crippen LogP contribution in [0.25, 0.3) is 0 Å². The van der Waals surface area contributed by atoms with Gasteiger partial charge in [-0.3, -0.25) is 4.79 Å². The zero-order valence-electron chi connectivity index (χ0n) is 9.57. The molecule has 3 N–H and O–H groups in total. The fraction of sp³-hybridized carbons (Fsp3) is 0.300. The molecule has 0 fully saturated rings. The lowest BCUT2D eigenvalue weighted by molar-refractivity contribution is 1.02. The first-order chi connectivity index (χ1) is 8.20. The smallest absolute Gasteiger partial charge is 0.304 e. The van der Waals surface area contributed by atoms with E-state index in [0.717, 1.165) is 34.2 Å². The summed E-state index contributed by atoms with van der Waals surface area (Å²) in [6, 6.07) is 0. The Balaban J connectivity index is 2.11. The van der Waals surface area contributed by atoms with Crippen LogP contribution in [0.15, 0.2) is 16.5 Å². The van der Waals surface area contributed by atoms with Gasteiger partial charge in [0.2, 0.25) is 0 Å². The van der Waals surface area contributed by atoms with Crippen molar-refractivity contribution >= 4 is 23.0 Å². The molecule has 90 valence electrons. The molecule has 2 aromatic heterocycles. The molecular weight excluding hydrogens is 238 g/mol. The zero-order valence-corrected chi connectivity index (χ0v) is 10.4. The van der Waals surface area contributed by atoms with Gasteiger partial charge in [0.25, 0.3) is 0 Å². The molecule has 0 amide bonds. The Morgan fingerprint density at radius 2 is 2.18 bits per heavy atom. The minimum absolute atomic E-state index is 0.0443. The van der Waals surface area contributed by atoms with E-state index in [0.29, 0.717) is 6.54 Å². The minimum Gasteiger partial charge on any atom is -0.373 e. The molecule has 0 aliphatic carbocycles. The van der Waals surface area contributed by atoms with Crippen LogP contribution in [0.3, 0.4) is 0 Å². The van der Waals surface area contributed by atoms with Crippen molar-refractivity contribution in [2.75, 3.05) is 17.7 Å². The van der Waals surface area contributed by atoms with Crippen molar-refractivity contribution in [3.05, 3.63) is 32.6 Å². The third kappa shape index (κ3) is 2.62. The van der Waals surface area contributed by atoms with Crippen molar-refractivity contribution in [2.24, 2.45) is 0 Å². The molecule has 0 atom stereocenters. The van der Waals surface area contributed by atoms with E-state index in [9.17, 15) is 4.79 Å². The van der Waals surface area contributed by atoms with Crippen LogP contribution in [0.4, 0.5) is 11.6 Å². The number of thiazole rings is 1. The van der Waals surface area contributed by atoms with Gasteiger partial charge in [0.05, 0.1) is 6.54 Å². The molecule has 0 saturated heterocycles. The van der Waals surface area contributed by atoms with Gasteiger partial charge in [-0.1, -0.05) is 11.3 Å². The van der Waals surface area contributed by atoms with Gasteiger partial charge in [-0.15, -0.1) is 0 Å². The molecule has 0 saturated carbocycles. The van der Waals surface area contributed by atoms with Crippen molar-refractivity contribution in [1.82, 2.24) is 15.0 Å². The Kier molecular flexibility index (Phi) is 3.38. The van der Waals surface area contributed by atoms with Crippen LogP contribution in [0.5, 0.6) is 0 Å². The second-order valence-electron chi connectivity index (χ2n) is 3.47. The van der Waals surface area contributed by atoms with E-state index in [1.165, 1.54) is 6.33 Å². The van der Waals surface area contributed by atoms with E-state index in [1.54, 1.807) is 5.38 Å². The van der Waals surface area contributed by atoms with E-state index >= 15 is 0 Å². The third-order valence-electron chi connectivity index (χ3n) is 2.34. The number of H-pyrrole nitrogens is 1. The predicted molar refractivity (Wildman–Crippen MR) is 68.6 cm³/mol. The number of anilines is 2. The second-order valence-corrected chi connectivity index (χ2v) is 4.32. The second kappa shape index (κ2) is 4.96. The van der Waals surface area contributed by atoms with Crippen LogP contribution in [0.1, 0.15) is 11.3 Å². The number of nitrogens with zero attached hydrogens (tertiary/aromatic N) is 2. The highest BCUT2D eigenvalue weighted by molar-refractivity contribution is 7.07. The van der Waals surface area contributed by atoms with Gasteiger partial charge < -0.3 is 15.6 Å². The standard InChI is InChI=1S/C10H13N5OS/c1-6-8(11-2)13-5-14-9(6)12-3-7-4-17-10(16)15-7/h4-5H,3H2,1-2H3,(H,15,16)(H2,11,12,13,14). The Labute approximate surface area is 102 Å². The van der Waals surface area contributed by atoms with Gasteiger partial charge in [-0.2, -0.15) is 0 Å². The molecule has 0 unspecified atom stereocenters. The summed E-state index contributed by atoms with van der Waals surface area (Å²) < 4.78 is 0. The summed E-state index contributed by atoms with van der Waals surface area (Å²) in [7, 11) is 1.81. The molecule has 6 nitrogen and oxygen atoms in total. The van der Waals surface area contributed by atoms with Crippen molar-refractivity contribution in [2.45, 2.75) is 13.5 Å². The van der Waals surface area contributed by atoms with Crippen molar-refractivity contribution in [1.29, 1.82) is 0 Å². The third-order valence-corrected chi connectivity index (χ3v) is 3.06. The van der Waals surface area contributed by atoms with Crippen molar-refractivity contribution in [3.8, 4) is 0 Å². The molecule has 0 radical (unpaired) electrons. The van der Waals surface area contributed by atoms with Gasteiger partial charge >= 0.3 is 4.87 Å². The summed E-state index contributed by atoms with van der Waals surface area (Å²) in [4.78, 5) is 21.9. The van der Waals surface area contributed by atoms with Gasteiger partial charge in [0.1, 0.15) is 18.0 Å². The summed E-state index contributed by atoms with van der Waals surface area (Å²) >= 11 is 1.16. The van der Waals surface area contributed by atoms with Crippen molar-refractivity contribution < 1.29 is 0 Å². The summed E-state index contributed by atoms with van der Waals surface area (Å²) in [6.45, 7) is 2.48. The normalized spacial score (nSPS) is 10.2. The summed E-state index contributed by atoms with van der Waals surface area (Å²) in [5.74, 6) is 1.55. The minimum atomic E-state index is -0.0443. The number of hydrogen-bond acceptors (Lipinski definition) is 6. The highest BCUT2D eigenvalue weighted by Gasteiger charge is 2.05. The summed E-state index contributed by atoms with van der Waals surface area (Å²) in [6.07, 6.45) is 1.50. The molecule has 2 rings (SSSR count). The Morgan fingerprint density at radius 3 is 2.82 bits per heavy atom. The van der Waals surface area contributed by atoms with Crippen LogP contribution < -0.4 is 15.5 Å². The molecule has 0 aromatic carbocycles. The predicted octanol–water partition coefficient (Wildman–Crippen LogP) is 1.19. The Morgan fingerprint density at radius 1 is 1.41 bits per heavy atom. The molecule has 0 spiro atoms. The number of aromatic amines is 1. The number of aromatic nitrogens is 3. The van der Waals surface area contributed by atoms with Crippen LogP contribution in [-0.2, 0) is 6.54 Å². The number of nitrogens with one attached hydrogen (secondary N) is 3. The van der Waals surface area contributed by atoms with Crippen LogP contribution in [0, 0.1) is 6.92 Å². The fourth-order valence-corrected chi connectivity index (χ4v) is 2.04. The maximum absolute atomic E-state index is 11.0. The maximum Gasteiger partial charge on any atom is 0.304 e. The van der Waals surface area contributed by atoms with Crippen LogP contribution in [0.2, 0.25) is 0 Å². The van der Waals surface area contributed by atoms with Gasteiger partial charge in [-0.05, 0) is 6.92 Å². The highest BCUT2D eigenvalue weighted by atomic mass is 32.1. The van der Waals surface area contributed by atoms with Gasteiger partial charge in [0.15, 0.2) is 0 Å². The molecule has 2 aromatic rings. The molecule has 0 aliphatic rings. The topological polar surface area (TPSA) is 82.7 Å². The zero-order chi connectivity index (χ0) is 12.3. The first-order valence-electron chi connectivity index (χ1n) is 5.10. The van der Waals surface area contributed by atoms with Gasteiger partial charge in [0, 0.05) is 23.7 Å². The van der Waals surface area contributed by atoms with E-state index in [2.05, 4.69) is 25.6 Å². The monoisotopic (exact) mass is 251 g/mol. The molecule has 2 heterocycles. The summed E-state index contributed by atoms with van der Waals surface area (Å²) in [5, 5.41) is 7.95. The average Bonchev–Trinajstić information content (AvgIpc) is 2.74. The molecule has 7 heteroatoms. The van der Waals surface area contributed by atoms with E-state index in [1.807, 2.05) is 14.0 Å². The van der Waals surface area contributed by atoms with E-state index < -0.39 is 0 Å². The average molecular weight is 251 g/mol. The lowest BCUT2D eigenvalue weighted by Gasteiger charge is -2.09. The quantitative estimate of drug-likeness (QED) is 0.760. The van der Waals surface area contributed by atoms with Crippen LogP contribution in [-0.4, -0.2) is 22.0 Å². The molecule has 0 aliphatic heterocycles. The van der Waals surface area contributed by atoms with Crippen molar-refractivity contribution in [3.63, 3.8) is 0 Å². The first kappa shape index (κ1) is 11.6.